The second-order valence-electron chi connectivity index (χ2n) is 7.55. The molecule has 0 atom stereocenters. The van der Waals surface area contributed by atoms with Crippen LogP contribution in [0.3, 0.4) is 0 Å². The van der Waals surface area contributed by atoms with Gasteiger partial charge in [0.15, 0.2) is 11.6 Å². The van der Waals surface area contributed by atoms with Gasteiger partial charge in [0.1, 0.15) is 17.2 Å². The lowest BCUT2D eigenvalue weighted by molar-refractivity contribution is -0.130. The zero-order valence-electron chi connectivity index (χ0n) is 20.5. The number of ether oxygens (including phenoxy) is 4. The van der Waals surface area contributed by atoms with E-state index in [-0.39, 0.29) is 22.8 Å². The van der Waals surface area contributed by atoms with E-state index < -0.39 is 35.4 Å². The van der Waals surface area contributed by atoms with Crippen molar-refractivity contribution in [1.29, 1.82) is 0 Å². The average molecular weight is 528 g/mol. The van der Waals surface area contributed by atoms with E-state index in [9.17, 15) is 19.2 Å². The third kappa shape index (κ3) is 7.23. The summed E-state index contributed by atoms with van der Waals surface area (Å²) in [6.07, 6.45) is 3.74. The molecule has 196 valence electrons. The van der Waals surface area contributed by atoms with Crippen LogP contribution in [0.15, 0.2) is 105 Å². The normalized spacial score (nSPS) is 9.97. The van der Waals surface area contributed by atoms with Crippen LogP contribution in [0.1, 0.15) is 0 Å². The molecule has 0 aliphatic carbocycles. The van der Waals surface area contributed by atoms with E-state index in [0.717, 1.165) is 30.4 Å². The lowest BCUT2D eigenvalue weighted by Gasteiger charge is -2.13. The first kappa shape index (κ1) is 28.0. The molecule has 0 saturated carbocycles. The number of benzene rings is 3. The van der Waals surface area contributed by atoms with Crippen molar-refractivity contribution in [3.05, 3.63) is 111 Å². The van der Waals surface area contributed by atoms with E-state index in [1.165, 1.54) is 24.3 Å². The molecule has 0 amide bonds. The first-order valence-electron chi connectivity index (χ1n) is 11.1. The fraction of sp³-hybridized carbons (Fsp3) is 0. The summed E-state index contributed by atoms with van der Waals surface area (Å²) in [6, 6.07) is 13.1. The Labute approximate surface area is 222 Å². The quantitative estimate of drug-likeness (QED) is 0.192. The van der Waals surface area contributed by atoms with Gasteiger partial charge in [-0.25, -0.2) is 23.6 Å². The fourth-order valence-corrected chi connectivity index (χ4v) is 3.24. The summed E-state index contributed by atoms with van der Waals surface area (Å²) in [5.74, 6) is -4.41. The van der Waals surface area contributed by atoms with Crippen LogP contribution < -0.4 is 18.9 Å². The number of carbonyl (C=O) groups excluding carboxylic acids is 4. The van der Waals surface area contributed by atoms with Crippen molar-refractivity contribution in [3.8, 4) is 45.3 Å². The number of halogens is 1. The molecule has 9 heteroatoms. The van der Waals surface area contributed by atoms with Crippen molar-refractivity contribution < 1.29 is 42.5 Å². The van der Waals surface area contributed by atoms with Gasteiger partial charge in [-0.1, -0.05) is 50.6 Å². The Morgan fingerprint density at radius 1 is 0.538 bits per heavy atom. The molecule has 39 heavy (non-hydrogen) atoms. The zero-order valence-corrected chi connectivity index (χ0v) is 20.5. The molecule has 8 nitrogen and oxygen atoms in total. The monoisotopic (exact) mass is 528 g/mol. The summed E-state index contributed by atoms with van der Waals surface area (Å²) < 4.78 is 35.7. The standard InChI is InChI=1S/C30H21FO8/c1-5-26(32)36-21-13-20(14-22(15-21)37-27(33)6-2)18-9-11-19(12-10-18)24-16-23(38-28(34)7-3)17-25(30(24)31)39-29(35)8-4/h5-17H,1-4H2. The summed E-state index contributed by atoms with van der Waals surface area (Å²) in [6.45, 7) is 13.3. The molecular weight excluding hydrogens is 507 g/mol. The molecule has 0 radical (unpaired) electrons. The predicted molar refractivity (Wildman–Crippen MR) is 141 cm³/mol. The zero-order chi connectivity index (χ0) is 28.5. The predicted octanol–water partition coefficient (Wildman–Crippen LogP) is 5.53. The fourth-order valence-electron chi connectivity index (χ4n) is 3.24. The van der Waals surface area contributed by atoms with Crippen LogP contribution in [-0.4, -0.2) is 23.9 Å². The first-order chi connectivity index (χ1) is 18.7. The Balaban J connectivity index is 2.05. The molecule has 0 heterocycles. The summed E-state index contributed by atoms with van der Waals surface area (Å²) >= 11 is 0. The van der Waals surface area contributed by atoms with Gasteiger partial charge in [-0.15, -0.1) is 0 Å². The molecule has 0 N–H and O–H groups in total. The lowest BCUT2D eigenvalue weighted by Crippen LogP contribution is -2.08. The number of esters is 4. The van der Waals surface area contributed by atoms with Crippen molar-refractivity contribution in [2.45, 2.75) is 0 Å². The number of carbonyl (C=O) groups is 4. The molecule has 0 spiro atoms. The largest absolute Gasteiger partial charge is 0.423 e. The minimum Gasteiger partial charge on any atom is -0.423 e. The highest BCUT2D eigenvalue weighted by molar-refractivity contribution is 5.87. The van der Waals surface area contributed by atoms with E-state index in [2.05, 4.69) is 26.3 Å². The second kappa shape index (κ2) is 12.6. The minimum atomic E-state index is -0.910. The van der Waals surface area contributed by atoms with Crippen LogP contribution in [-0.2, 0) is 19.2 Å². The van der Waals surface area contributed by atoms with E-state index in [4.69, 9.17) is 18.9 Å². The van der Waals surface area contributed by atoms with Crippen molar-refractivity contribution in [2.24, 2.45) is 0 Å². The average Bonchev–Trinajstić information content (AvgIpc) is 2.94. The minimum absolute atomic E-state index is 0.0305. The summed E-state index contributed by atoms with van der Waals surface area (Å²) in [5.41, 5.74) is 1.39. The Bertz CT molecular complexity index is 1460. The Morgan fingerprint density at radius 2 is 0.949 bits per heavy atom. The van der Waals surface area contributed by atoms with Crippen LogP contribution >= 0.6 is 0 Å². The third-order valence-electron chi connectivity index (χ3n) is 4.95. The molecule has 0 aliphatic rings. The van der Waals surface area contributed by atoms with E-state index in [1.807, 2.05) is 0 Å². The van der Waals surface area contributed by atoms with Gasteiger partial charge in [0, 0.05) is 42.0 Å². The highest BCUT2D eigenvalue weighted by Gasteiger charge is 2.18. The molecular formula is C30H21FO8. The van der Waals surface area contributed by atoms with Gasteiger partial charge in [-0.3, -0.25) is 0 Å². The topological polar surface area (TPSA) is 105 Å². The molecule has 0 fully saturated rings. The van der Waals surface area contributed by atoms with E-state index >= 15 is 4.39 Å². The maximum atomic E-state index is 15.3. The maximum absolute atomic E-state index is 15.3. The molecule has 0 aromatic heterocycles. The van der Waals surface area contributed by atoms with Crippen LogP contribution in [0.2, 0.25) is 0 Å². The Kier molecular flexibility index (Phi) is 9.05. The number of hydrogen-bond acceptors (Lipinski definition) is 8. The van der Waals surface area contributed by atoms with E-state index in [0.29, 0.717) is 16.7 Å². The molecule has 0 saturated heterocycles. The molecule has 0 bridgehead atoms. The Hall–Kier alpha value is -5.57. The van der Waals surface area contributed by atoms with Gasteiger partial charge in [0.05, 0.1) is 0 Å². The van der Waals surface area contributed by atoms with Gasteiger partial charge in [0.25, 0.3) is 0 Å². The van der Waals surface area contributed by atoms with Gasteiger partial charge in [-0.2, -0.15) is 0 Å². The summed E-state index contributed by atoms with van der Waals surface area (Å²) in [5, 5.41) is 0. The van der Waals surface area contributed by atoms with Gasteiger partial charge in [0.2, 0.25) is 0 Å². The van der Waals surface area contributed by atoms with Crippen molar-refractivity contribution in [3.63, 3.8) is 0 Å². The van der Waals surface area contributed by atoms with Crippen LogP contribution in [0.5, 0.6) is 23.0 Å². The molecule has 3 aromatic rings. The number of hydrogen-bond donors (Lipinski definition) is 0. The lowest BCUT2D eigenvalue weighted by atomic mass is 9.99. The van der Waals surface area contributed by atoms with Crippen molar-refractivity contribution >= 4 is 23.9 Å². The highest BCUT2D eigenvalue weighted by Crippen LogP contribution is 2.36. The number of rotatable bonds is 10. The van der Waals surface area contributed by atoms with Gasteiger partial charge in [-0.05, 0) is 34.9 Å². The highest BCUT2D eigenvalue weighted by atomic mass is 19.1. The Morgan fingerprint density at radius 3 is 1.41 bits per heavy atom. The van der Waals surface area contributed by atoms with Gasteiger partial charge < -0.3 is 18.9 Å². The molecule has 3 rings (SSSR count). The smallest absolute Gasteiger partial charge is 0.335 e. The first-order valence-corrected chi connectivity index (χ1v) is 11.1. The van der Waals surface area contributed by atoms with E-state index in [1.54, 1.807) is 24.3 Å². The summed E-state index contributed by atoms with van der Waals surface area (Å²) in [7, 11) is 0. The molecule has 0 unspecified atom stereocenters. The molecule has 0 aliphatic heterocycles. The SMILES string of the molecule is C=CC(=O)Oc1cc(OC(=O)C=C)cc(-c2ccc(-c3cc(OC(=O)C=C)cc(OC(=O)C=C)c3F)cc2)c1. The second-order valence-corrected chi connectivity index (χ2v) is 7.55. The maximum Gasteiger partial charge on any atom is 0.335 e. The van der Waals surface area contributed by atoms with Crippen LogP contribution in [0.4, 0.5) is 4.39 Å². The van der Waals surface area contributed by atoms with Crippen LogP contribution in [0, 0.1) is 5.82 Å². The summed E-state index contributed by atoms with van der Waals surface area (Å²) in [4.78, 5) is 46.8. The van der Waals surface area contributed by atoms with Gasteiger partial charge >= 0.3 is 23.9 Å². The molecule has 3 aromatic carbocycles. The van der Waals surface area contributed by atoms with Crippen LogP contribution in [0.25, 0.3) is 22.3 Å². The third-order valence-corrected chi connectivity index (χ3v) is 4.95. The van der Waals surface area contributed by atoms with Crippen molar-refractivity contribution in [2.75, 3.05) is 0 Å². The van der Waals surface area contributed by atoms with Crippen molar-refractivity contribution in [1.82, 2.24) is 0 Å².